The first-order valence-electron chi connectivity index (χ1n) is 7.00. The highest BCUT2D eigenvalue weighted by molar-refractivity contribution is 5.86. The van der Waals surface area contributed by atoms with Gasteiger partial charge in [-0.3, -0.25) is 4.57 Å². The second-order valence-electron chi connectivity index (χ2n) is 5.02. The van der Waals surface area contributed by atoms with E-state index in [1.54, 1.807) is 0 Å². The molecular weight excluding hydrogens is 256 g/mol. The molecule has 1 aromatic heterocycles. The number of hydrogen-bond acceptors (Lipinski definition) is 1. The van der Waals surface area contributed by atoms with Crippen molar-refractivity contribution >= 4 is 10.8 Å². The molecule has 0 amide bonds. The molecule has 0 bridgehead atoms. The topological polar surface area (TPSA) is 17.8 Å². The van der Waals surface area contributed by atoms with Gasteiger partial charge in [0.15, 0.2) is 0 Å². The number of nitrogens with zero attached hydrogens (tertiary/aromatic N) is 2. The number of para-hydroxylation sites is 1. The summed E-state index contributed by atoms with van der Waals surface area (Å²) in [6.07, 6.45) is 3.84. The molecule has 4 rings (SSSR count). The first-order valence-corrected chi connectivity index (χ1v) is 7.00. The highest BCUT2D eigenvalue weighted by atomic mass is 15.1. The van der Waals surface area contributed by atoms with Crippen LogP contribution >= 0.6 is 0 Å². The normalized spacial score (nSPS) is 10.9. The second-order valence-corrected chi connectivity index (χ2v) is 5.02. The van der Waals surface area contributed by atoms with Gasteiger partial charge in [-0.2, -0.15) is 0 Å². The fraction of sp³-hybridized carbons (Fsp3) is 0. The molecule has 4 aromatic rings. The summed E-state index contributed by atoms with van der Waals surface area (Å²) < 4.78 is 2.12. The monoisotopic (exact) mass is 270 g/mol. The summed E-state index contributed by atoms with van der Waals surface area (Å²) in [7, 11) is 0. The molecule has 0 aliphatic carbocycles. The van der Waals surface area contributed by atoms with Crippen LogP contribution in [0.3, 0.4) is 0 Å². The van der Waals surface area contributed by atoms with E-state index in [-0.39, 0.29) is 0 Å². The van der Waals surface area contributed by atoms with Crippen LogP contribution in [-0.4, -0.2) is 9.55 Å². The molecule has 0 saturated carbocycles. The number of fused-ring (bicyclic) bond motifs is 1. The van der Waals surface area contributed by atoms with E-state index in [2.05, 4.69) is 64.1 Å². The molecule has 0 N–H and O–H groups in total. The largest absolute Gasteiger partial charge is 0.300 e. The minimum Gasteiger partial charge on any atom is -0.300 e. The van der Waals surface area contributed by atoms with Crippen molar-refractivity contribution in [1.29, 1.82) is 0 Å². The number of imidazole rings is 1. The smallest absolute Gasteiger partial charge is 0.144 e. The minimum absolute atomic E-state index is 0.965. The van der Waals surface area contributed by atoms with Crippen molar-refractivity contribution in [3.8, 4) is 17.1 Å². The third-order valence-electron chi connectivity index (χ3n) is 3.68. The standard InChI is InChI=1S/C19H14N2/c1-2-8-18(9-3-1)21-13-12-20-19(21)17-11-10-15-6-4-5-7-16(15)14-17/h1-14H. The molecule has 1 heterocycles. The van der Waals surface area contributed by atoms with Crippen LogP contribution < -0.4 is 0 Å². The summed E-state index contributed by atoms with van der Waals surface area (Å²) in [4.78, 5) is 4.53. The molecule has 0 fully saturated rings. The zero-order chi connectivity index (χ0) is 14.1. The average molecular weight is 270 g/mol. The Kier molecular flexibility index (Phi) is 2.79. The molecule has 0 atom stereocenters. The lowest BCUT2D eigenvalue weighted by atomic mass is 10.1. The Hall–Kier alpha value is -2.87. The van der Waals surface area contributed by atoms with E-state index >= 15 is 0 Å². The highest BCUT2D eigenvalue weighted by Gasteiger charge is 2.07. The predicted molar refractivity (Wildman–Crippen MR) is 86.5 cm³/mol. The molecule has 2 nitrogen and oxygen atoms in total. The molecule has 0 aliphatic heterocycles. The Morgan fingerprint density at radius 3 is 2.33 bits per heavy atom. The Morgan fingerprint density at radius 2 is 1.48 bits per heavy atom. The van der Waals surface area contributed by atoms with Gasteiger partial charge in [0.1, 0.15) is 5.82 Å². The van der Waals surface area contributed by atoms with Crippen molar-refractivity contribution in [2.24, 2.45) is 0 Å². The molecule has 100 valence electrons. The third-order valence-corrected chi connectivity index (χ3v) is 3.68. The Labute approximate surface area is 123 Å². The van der Waals surface area contributed by atoms with Crippen molar-refractivity contribution < 1.29 is 0 Å². The summed E-state index contributed by atoms with van der Waals surface area (Å²) in [6, 6.07) is 25.1. The fourth-order valence-electron chi connectivity index (χ4n) is 2.64. The quantitative estimate of drug-likeness (QED) is 0.516. The maximum Gasteiger partial charge on any atom is 0.144 e. The van der Waals surface area contributed by atoms with Gasteiger partial charge in [-0.05, 0) is 29.0 Å². The SMILES string of the molecule is c1ccc(-n2ccnc2-c2ccc3ccccc3c2)cc1. The summed E-state index contributed by atoms with van der Waals surface area (Å²) in [6.45, 7) is 0. The molecule has 0 spiro atoms. The van der Waals surface area contributed by atoms with E-state index < -0.39 is 0 Å². The summed E-state index contributed by atoms with van der Waals surface area (Å²) >= 11 is 0. The van der Waals surface area contributed by atoms with E-state index in [0.29, 0.717) is 0 Å². The Morgan fingerprint density at radius 1 is 0.714 bits per heavy atom. The molecular formula is C19H14N2. The summed E-state index contributed by atoms with van der Waals surface area (Å²) in [5.41, 5.74) is 2.25. The number of aromatic nitrogens is 2. The molecule has 0 radical (unpaired) electrons. The molecule has 3 aromatic carbocycles. The second kappa shape index (κ2) is 4.91. The predicted octanol–water partition coefficient (Wildman–Crippen LogP) is 4.69. The first kappa shape index (κ1) is 11.9. The Bertz CT molecular complexity index is 892. The first-order chi connectivity index (χ1) is 10.4. The molecule has 2 heteroatoms. The lowest BCUT2D eigenvalue weighted by Gasteiger charge is -2.08. The summed E-state index contributed by atoms with van der Waals surface area (Å²) in [5, 5.41) is 2.48. The van der Waals surface area contributed by atoms with Crippen LogP contribution in [0.2, 0.25) is 0 Å². The van der Waals surface area contributed by atoms with E-state index in [1.807, 2.05) is 30.6 Å². The van der Waals surface area contributed by atoms with Crippen LogP contribution in [0.5, 0.6) is 0 Å². The molecule has 0 aliphatic rings. The van der Waals surface area contributed by atoms with Gasteiger partial charge >= 0.3 is 0 Å². The van der Waals surface area contributed by atoms with Crippen LogP contribution in [0.15, 0.2) is 85.2 Å². The Balaban J connectivity index is 1.88. The van der Waals surface area contributed by atoms with Crippen LogP contribution in [0, 0.1) is 0 Å². The van der Waals surface area contributed by atoms with Crippen molar-refractivity contribution in [3.63, 3.8) is 0 Å². The number of rotatable bonds is 2. The maximum absolute atomic E-state index is 4.53. The van der Waals surface area contributed by atoms with Crippen LogP contribution in [0.25, 0.3) is 27.8 Å². The van der Waals surface area contributed by atoms with Gasteiger partial charge < -0.3 is 0 Å². The van der Waals surface area contributed by atoms with E-state index in [1.165, 1.54) is 10.8 Å². The lowest BCUT2D eigenvalue weighted by Crippen LogP contribution is -1.95. The maximum atomic E-state index is 4.53. The van der Waals surface area contributed by atoms with Crippen LogP contribution in [0.4, 0.5) is 0 Å². The van der Waals surface area contributed by atoms with E-state index in [9.17, 15) is 0 Å². The lowest BCUT2D eigenvalue weighted by molar-refractivity contribution is 1.07. The molecule has 21 heavy (non-hydrogen) atoms. The zero-order valence-electron chi connectivity index (χ0n) is 11.5. The van der Waals surface area contributed by atoms with Gasteiger partial charge in [0.05, 0.1) is 0 Å². The average Bonchev–Trinajstić information content (AvgIpc) is 3.05. The molecule has 0 saturated heterocycles. The van der Waals surface area contributed by atoms with Crippen molar-refractivity contribution in [2.75, 3.05) is 0 Å². The number of benzene rings is 3. The van der Waals surface area contributed by atoms with Crippen LogP contribution in [0.1, 0.15) is 0 Å². The number of hydrogen-bond donors (Lipinski definition) is 0. The highest BCUT2D eigenvalue weighted by Crippen LogP contribution is 2.25. The molecule has 0 unspecified atom stereocenters. The third kappa shape index (κ3) is 2.11. The van der Waals surface area contributed by atoms with Crippen molar-refractivity contribution in [2.45, 2.75) is 0 Å². The van der Waals surface area contributed by atoms with Crippen molar-refractivity contribution in [3.05, 3.63) is 85.2 Å². The van der Waals surface area contributed by atoms with Gasteiger partial charge in [-0.1, -0.05) is 54.6 Å². The summed E-state index contributed by atoms with van der Waals surface area (Å²) in [5.74, 6) is 0.965. The van der Waals surface area contributed by atoms with Gasteiger partial charge in [0.25, 0.3) is 0 Å². The zero-order valence-corrected chi connectivity index (χ0v) is 11.5. The van der Waals surface area contributed by atoms with Gasteiger partial charge in [0, 0.05) is 23.6 Å². The van der Waals surface area contributed by atoms with Gasteiger partial charge in [-0.25, -0.2) is 4.98 Å². The van der Waals surface area contributed by atoms with Gasteiger partial charge in [-0.15, -0.1) is 0 Å². The van der Waals surface area contributed by atoms with E-state index in [0.717, 1.165) is 17.1 Å². The van der Waals surface area contributed by atoms with Crippen molar-refractivity contribution in [1.82, 2.24) is 9.55 Å². The minimum atomic E-state index is 0.965. The van der Waals surface area contributed by atoms with E-state index in [4.69, 9.17) is 0 Å². The van der Waals surface area contributed by atoms with Gasteiger partial charge in [0.2, 0.25) is 0 Å². The fourth-order valence-corrected chi connectivity index (χ4v) is 2.64. The van der Waals surface area contributed by atoms with Crippen LogP contribution in [-0.2, 0) is 0 Å².